The Balaban J connectivity index is 1.48. The van der Waals surface area contributed by atoms with Gasteiger partial charge in [0.05, 0.1) is 12.6 Å². The number of carbonyl (C=O) groups excluding carboxylic acids is 1. The first kappa shape index (κ1) is 23.3. The van der Waals surface area contributed by atoms with E-state index in [4.69, 9.17) is 9.47 Å². The van der Waals surface area contributed by atoms with Crippen molar-refractivity contribution in [3.05, 3.63) is 52.6 Å². The lowest BCUT2D eigenvalue weighted by Crippen LogP contribution is -2.57. The van der Waals surface area contributed by atoms with Crippen molar-refractivity contribution in [2.75, 3.05) is 45.6 Å². The second-order valence-corrected chi connectivity index (χ2v) is 8.60. The fourth-order valence-electron chi connectivity index (χ4n) is 4.02. The summed E-state index contributed by atoms with van der Waals surface area (Å²) in [5.74, 6) is -2.75. The van der Waals surface area contributed by atoms with E-state index in [1.165, 1.54) is 18.2 Å². The van der Waals surface area contributed by atoms with Gasteiger partial charge in [0, 0.05) is 35.8 Å². The summed E-state index contributed by atoms with van der Waals surface area (Å²) in [7, 11) is 4.03. The normalized spacial score (nSPS) is 18.5. The van der Waals surface area contributed by atoms with Crippen molar-refractivity contribution in [1.29, 1.82) is 0 Å². The van der Waals surface area contributed by atoms with Crippen LogP contribution in [0.15, 0.2) is 30.3 Å². The molecule has 1 fully saturated rings. The van der Waals surface area contributed by atoms with Crippen LogP contribution in [0.2, 0.25) is 0 Å². The Kier molecular flexibility index (Phi) is 6.49. The summed E-state index contributed by atoms with van der Waals surface area (Å²) in [6.45, 7) is 1.64. The van der Waals surface area contributed by atoms with Gasteiger partial charge in [-0.15, -0.1) is 0 Å². The van der Waals surface area contributed by atoms with Crippen molar-refractivity contribution < 1.29 is 27.4 Å². The molecule has 1 amide bonds. The van der Waals surface area contributed by atoms with Gasteiger partial charge in [-0.2, -0.15) is 13.8 Å². The Labute approximate surface area is 190 Å². The molecule has 10 heteroatoms. The fourth-order valence-corrected chi connectivity index (χ4v) is 4.02. The number of amides is 1. The van der Waals surface area contributed by atoms with E-state index in [1.54, 1.807) is 13.0 Å². The second kappa shape index (κ2) is 9.18. The van der Waals surface area contributed by atoms with Gasteiger partial charge in [-0.3, -0.25) is 4.79 Å². The molecule has 1 N–H and O–H groups in total. The van der Waals surface area contributed by atoms with Crippen LogP contribution in [0, 0.1) is 0 Å². The molecule has 0 spiro atoms. The summed E-state index contributed by atoms with van der Waals surface area (Å²) >= 11 is 0. The van der Waals surface area contributed by atoms with Crippen molar-refractivity contribution in [2.24, 2.45) is 0 Å². The molecule has 4 rings (SSSR count). The SMILES string of the molecule is C[C@H](NC(=O)c1ccc2c(c1)COCC2(F)F)c1ccc(N2CC(N(C)C)C2)nc1OCF. The number of alkyl halides is 3. The molecular weight excluding hydrogens is 437 g/mol. The molecule has 1 aromatic heterocycles. The van der Waals surface area contributed by atoms with Crippen molar-refractivity contribution in [3.8, 4) is 5.88 Å². The smallest absolute Gasteiger partial charge is 0.296 e. The average Bonchev–Trinajstić information content (AvgIpc) is 2.72. The van der Waals surface area contributed by atoms with Gasteiger partial charge in [-0.25, -0.2) is 4.39 Å². The molecule has 0 unspecified atom stereocenters. The van der Waals surface area contributed by atoms with E-state index in [-0.39, 0.29) is 29.2 Å². The highest BCUT2D eigenvalue weighted by Crippen LogP contribution is 2.36. The second-order valence-electron chi connectivity index (χ2n) is 8.60. The largest absolute Gasteiger partial charge is 0.445 e. The van der Waals surface area contributed by atoms with Gasteiger partial charge in [0.1, 0.15) is 12.4 Å². The molecular formula is C23H27F3N4O3. The third kappa shape index (κ3) is 4.77. The zero-order valence-electron chi connectivity index (χ0n) is 18.8. The van der Waals surface area contributed by atoms with E-state index in [9.17, 15) is 18.0 Å². The Bertz CT molecular complexity index is 1030. The molecule has 7 nitrogen and oxygen atoms in total. The van der Waals surface area contributed by atoms with Crippen LogP contribution >= 0.6 is 0 Å². The van der Waals surface area contributed by atoms with Crippen LogP contribution in [0.4, 0.5) is 19.0 Å². The first-order chi connectivity index (χ1) is 15.7. The highest BCUT2D eigenvalue weighted by Gasteiger charge is 2.38. The predicted molar refractivity (Wildman–Crippen MR) is 116 cm³/mol. The van der Waals surface area contributed by atoms with E-state index < -0.39 is 31.3 Å². The molecule has 0 saturated carbocycles. The predicted octanol–water partition coefficient (Wildman–Crippen LogP) is 3.25. The molecule has 2 aliphatic rings. The maximum atomic E-state index is 14.0. The molecule has 0 radical (unpaired) electrons. The number of likely N-dealkylation sites (N-methyl/N-ethyl adjacent to an activating group) is 1. The number of ether oxygens (including phenoxy) is 2. The number of hydrogen-bond acceptors (Lipinski definition) is 6. The third-order valence-corrected chi connectivity index (χ3v) is 6.10. The number of carbonyl (C=O) groups is 1. The number of nitrogens with one attached hydrogen (secondary N) is 1. The third-order valence-electron chi connectivity index (χ3n) is 6.10. The minimum Gasteiger partial charge on any atom is -0.445 e. The van der Waals surface area contributed by atoms with Crippen LogP contribution in [-0.4, -0.2) is 62.5 Å². The van der Waals surface area contributed by atoms with Gasteiger partial charge in [0.15, 0.2) is 0 Å². The number of anilines is 1. The Hall–Kier alpha value is -2.85. The van der Waals surface area contributed by atoms with Gasteiger partial charge < -0.3 is 24.6 Å². The van der Waals surface area contributed by atoms with Crippen molar-refractivity contribution in [3.63, 3.8) is 0 Å². The molecule has 1 aromatic carbocycles. The highest BCUT2D eigenvalue weighted by molar-refractivity contribution is 5.94. The summed E-state index contributed by atoms with van der Waals surface area (Å²) in [5, 5.41) is 2.81. The number of aromatic nitrogens is 1. The topological polar surface area (TPSA) is 66.9 Å². The highest BCUT2D eigenvalue weighted by atomic mass is 19.3. The summed E-state index contributed by atoms with van der Waals surface area (Å²) in [6.07, 6.45) is 0. The van der Waals surface area contributed by atoms with Gasteiger partial charge >= 0.3 is 0 Å². The standard InChI is InChI=1S/C23H27F3N4O3/c1-14(27-21(31)15-4-6-19-16(8-15)11-32-12-23(19,25)26)18-5-7-20(28-22(18)33-13-24)30-9-17(10-30)29(2)3/h4-8,14,17H,9-13H2,1-3H3,(H,27,31)/t14-/m0/s1. The summed E-state index contributed by atoms with van der Waals surface area (Å²) in [4.78, 5) is 21.4. The lowest BCUT2D eigenvalue weighted by atomic mass is 9.97. The monoisotopic (exact) mass is 464 g/mol. The maximum absolute atomic E-state index is 14.0. The molecule has 0 aliphatic carbocycles. The Morgan fingerprint density at radius 3 is 2.79 bits per heavy atom. The molecule has 2 aromatic rings. The molecule has 1 saturated heterocycles. The lowest BCUT2D eigenvalue weighted by molar-refractivity contribution is -0.103. The minimum atomic E-state index is -3.08. The average molecular weight is 464 g/mol. The molecule has 2 aliphatic heterocycles. The van der Waals surface area contributed by atoms with Crippen LogP contribution in [0.1, 0.15) is 40.0 Å². The van der Waals surface area contributed by atoms with Gasteiger partial charge in [0.25, 0.3) is 11.8 Å². The van der Waals surface area contributed by atoms with Crippen LogP contribution < -0.4 is 15.0 Å². The summed E-state index contributed by atoms with van der Waals surface area (Å²) in [6, 6.07) is 7.48. The number of hydrogen-bond donors (Lipinski definition) is 1. The maximum Gasteiger partial charge on any atom is 0.296 e. The number of rotatable bonds is 7. The van der Waals surface area contributed by atoms with Crippen molar-refractivity contribution in [1.82, 2.24) is 15.2 Å². The summed E-state index contributed by atoms with van der Waals surface area (Å²) < 4.78 is 51.0. The van der Waals surface area contributed by atoms with Crippen LogP contribution in [0.3, 0.4) is 0 Å². The number of halogens is 3. The first-order valence-electron chi connectivity index (χ1n) is 10.7. The van der Waals surface area contributed by atoms with Crippen LogP contribution in [0.25, 0.3) is 0 Å². The quantitative estimate of drug-likeness (QED) is 0.679. The zero-order chi connectivity index (χ0) is 23.8. The van der Waals surface area contributed by atoms with Gasteiger partial charge in [-0.1, -0.05) is 6.07 Å². The first-order valence-corrected chi connectivity index (χ1v) is 10.7. The Morgan fingerprint density at radius 1 is 1.33 bits per heavy atom. The minimum absolute atomic E-state index is 0.0205. The summed E-state index contributed by atoms with van der Waals surface area (Å²) in [5.41, 5.74) is 0.904. The van der Waals surface area contributed by atoms with Crippen molar-refractivity contribution in [2.45, 2.75) is 31.5 Å². The van der Waals surface area contributed by atoms with E-state index in [2.05, 4.69) is 20.1 Å². The number of fused-ring (bicyclic) bond motifs is 1. The molecule has 0 bridgehead atoms. The van der Waals surface area contributed by atoms with Gasteiger partial charge in [-0.05, 0) is 50.8 Å². The Morgan fingerprint density at radius 2 is 2.09 bits per heavy atom. The fraction of sp³-hybridized carbons (Fsp3) is 0.478. The van der Waals surface area contributed by atoms with Gasteiger partial charge in [0.2, 0.25) is 12.7 Å². The molecule has 178 valence electrons. The number of nitrogens with zero attached hydrogens (tertiary/aromatic N) is 3. The van der Waals surface area contributed by atoms with Crippen LogP contribution in [0.5, 0.6) is 5.88 Å². The zero-order valence-corrected chi connectivity index (χ0v) is 18.8. The van der Waals surface area contributed by atoms with E-state index in [0.29, 0.717) is 17.4 Å². The van der Waals surface area contributed by atoms with Crippen LogP contribution in [-0.2, 0) is 17.3 Å². The molecule has 33 heavy (non-hydrogen) atoms. The van der Waals surface area contributed by atoms with E-state index >= 15 is 0 Å². The van der Waals surface area contributed by atoms with Crippen molar-refractivity contribution >= 4 is 11.7 Å². The lowest BCUT2D eigenvalue weighted by Gasteiger charge is -2.43. The van der Waals surface area contributed by atoms with E-state index in [0.717, 1.165) is 13.1 Å². The number of pyridine rings is 1. The molecule has 1 atom stereocenters. The van der Waals surface area contributed by atoms with E-state index in [1.807, 2.05) is 20.2 Å². The number of benzene rings is 1. The molecule has 3 heterocycles.